The van der Waals surface area contributed by atoms with Gasteiger partial charge in [0.05, 0.1) is 4.92 Å². The number of fused-ring (bicyclic) bond motifs is 1. The van der Waals surface area contributed by atoms with Crippen LogP contribution in [-0.4, -0.2) is 10.8 Å². The molecule has 0 bridgehead atoms. The first-order chi connectivity index (χ1) is 17.1. The zero-order chi connectivity index (χ0) is 24.2. The summed E-state index contributed by atoms with van der Waals surface area (Å²) in [6.45, 7) is 0. The maximum Gasteiger partial charge on any atom is 0.312 e. The van der Waals surface area contributed by atoms with Crippen LogP contribution in [-0.2, 0) is 0 Å². The van der Waals surface area contributed by atoms with Crippen molar-refractivity contribution in [3.05, 3.63) is 131 Å². The molecular formula is C29H20N2O4. The number of carbonyl (C=O) groups is 1. The van der Waals surface area contributed by atoms with E-state index in [0.717, 1.165) is 21.9 Å². The lowest BCUT2D eigenvalue weighted by molar-refractivity contribution is -0.385. The van der Waals surface area contributed by atoms with Gasteiger partial charge in [0.1, 0.15) is 5.75 Å². The van der Waals surface area contributed by atoms with Crippen molar-refractivity contribution in [3.63, 3.8) is 0 Å². The number of rotatable bonds is 6. The van der Waals surface area contributed by atoms with E-state index in [4.69, 9.17) is 4.74 Å². The SMILES string of the molecule is O=C(Nc1ccc2ccccc2c1)c1ccc(Oc2ccc(-c3ccccc3)cc2)c([N+](=O)[O-])c1. The highest BCUT2D eigenvalue weighted by molar-refractivity contribution is 6.05. The van der Waals surface area contributed by atoms with E-state index in [1.54, 1.807) is 18.2 Å². The smallest absolute Gasteiger partial charge is 0.312 e. The van der Waals surface area contributed by atoms with Crippen LogP contribution in [0.4, 0.5) is 11.4 Å². The Kier molecular flexibility index (Phi) is 5.92. The first-order valence-corrected chi connectivity index (χ1v) is 11.0. The highest BCUT2D eigenvalue weighted by Crippen LogP contribution is 2.33. The van der Waals surface area contributed by atoms with Crippen molar-refractivity contribution in [3.8, 4) is 22.6 Å². The summed E-state index contributed by atoms with van der Waals surface area (Å²) < 4.78 is 5.79. The molecule has 5 aromatic carbocycles. The summed E-state index contributed by atoms with van der Waals surface area (Å²) in [7, 11) is 0. The van der Waals surface area contributed by atoms with Gasteiger partial charge in [-0.25, -0.2) is 0 Å². The Morgan fingerprint density at radius 1 is 0.714 bits per heavy atom. The molecule has 0 aliphatic heterocycles. The summed E-state index contributed by atoms with van der Waals surface area (Å²) in [5.41, 5.74) is 2.55. The van der Waals surface area contributed by atoms with Gasteiger partial charge in [0, 0.05) is 17.3 Å². The number of ether oxygens (including phenoxy) is 1. The Hall–Kier alpha value is -4.97. The fraction of sp³-hybridized carbons (Fsp3) is 0. The lowest BCUT2D eigenvalue weighted by Crippen LogP contribution is -2.12. The minimum absolute atomic E-state index is 0.0599. The quantitative estimate of drug-likeness (QED) is 0.211. The summed E-state index contributed by atoms with van der Waals surface area (Å²) in [5.74, 6) is 0.0769. The van der Waals surface area contributed by atoms with Crippen molar-refractivity contribution in [1.29, 1.82) is 0 Å². The lowest BCUT2D eigenvalue weighted by atomic mass is 10.1. The van der Waals surface area contributed by atoms with Gasteiger partial charge in [-0.15, -0.1) is 0 Å². The summed E-state index contributed by atoms with van der Waals surface area (Å²) >= 11 is 0. The molecule has 5 rings (SSSR count). The Morgan fingerprint density at radius 3 is 2.14 bits per heavy atom. The van der Waals surface area contributed by atoms with Crippen LogP contribution in [0.15, 0.2) is 115 Å². The molecule has 0 unspecified atom stereocenters. The number of nitrogens with zero attached hydrogens (tertiary/aromatic N) is 1. The van der Waals surface area contributed by atoms with Gasteiger partial charge in [-0.3, -0.25) is 14.9 Å². The highest BCUT2D eigenvalue weighted by atomic mass is 16.6. The van der Waals surface area contributed by atoms with E-state index in [1.807, 2.05) is 78.9 Å². The molecule has 0 spiro atoms. The average molecular weight is 460 g/mol. The van der Waals surface area contributed by atoms with E-state index in [-0.39, 0.29) is 17.0 Å². The number of anilines is 1. The standard InChI is InChI=1S/C29H20N2O4/c32-29(30-25-14-10-21-8-4-5-9-23(21)18-25)24-13-17-28(27(19-24)31(33)34)35-26-15-11-22(12-16-26)20-6-2-1-3-7-20/h1-19H,(H,30,32). The molecular weight excluding hydrogens is 440 g/mol. The van der Waals surface area contributed by atoms with Crippen LogP contribution in [0.5, 0.6) is 11.5 Å². The molecule has 0 radical (unpaired) electrons. The van der Waals surface area contributed by atoms with Gasteiger partial charge in [-0.05, 0) is 58.3 Å². The summed E-state index contributed by atoms with van der Waals surface area (Å²) in [6, 6.07) is 34.7. The molecule has 6 nitrogen and oxygen atoms in total. The van der Waals surface area contributed by atoms with E-state index in [2.05, 4.69) is 5.32 Å². The van der Waals surface area contributed by atoms with Gasteiger partial charge in [0.2, 0.25) is 5.75 Å². The van der Waals surface area contributed by atoms with Crippen LogP contribution in [0.2, 0.25) is 0 Å². The number of hydrogen-bond acceptors (Lipinski definition) is 4. The molecule has 0 saturated heterocycles. The second-order valence-electron chi connectivity index (χ2n) is 7.95. The number of carbonyl (C=O) groups excluding carboxylic acids is 1. The maximum absolute atomic E-state index is 12.8. The third-order valence-electron chi connectivity index (χ3n) is 5.61. The van der Waals surface area contributed by atoms with Crippen LogP contribution in [0, 0.1) is 10.1 Å². The minimum Gasteiger partial charge on any atom is -0.450 e. The van der Waals surface area contributed by atoms with Gasteiger partial charge < -0.3 is 10.1 Å². The Labute approximate surface area is 201 Å². The molecule has 0 aromatic heterocycles. The number of hydrogen-bond donors (Lipinski definition) is 1. The zero-order valence-corrected chi connectivity index (χ0v) is 18.5. The Morgan fingerprint density at radius 2 is 1.40 bits per heavy atom. The lowest BCUT2D eigenvalue weighted by Gasteiger charge is -2.10. The highest BCUT2D eigenvalue weighted by Gasteiger charge is 2.20. The normalized spacial score (nSPS) is 10.6. The van der Waals surface area contributed by atoms with Gasteiger partial charge in [0.15, 0.2) is 0 Å². The van der Waals surface area contributed by atoms with Crippen LogP contribution in [0.3, 0.4) is 0 Å². The van der Waals surface area contributed by atoms with Crippen LogP contribution >= 0.6 is 0 Å². The molecule has 5 aromatic rings. The van der Waals surface area contributed by atoms with Crippen molar-refractivity contribution in [2.24, 2.45) is 0 Å². The van der Waals surface area contributed by atoms with Crippen LogP contribution < -0.4 is 10.1 Å². The molecule has 170 valence electrons. The third-order valence-corrected chi connectivity index (χ3v) is 5.61. The van der Waals surface area contributed by atoms with Crippen molar-refractivity contribution < 1.29 is 14.5 Å². The number of nitro groups is 1. The second kappa shape index (κ2) is 9.49. The third kappa shape index (κ3) is 4.86. The fourth-order valence-corrected chi connectivity index (χ4v) is 3.83. The first kappa shape index (κ1) is 21.9. The second-order valence-corrected chi connectivity index (χ2v) is 7.95. The minimum atomic E-state index is -0.555. The largest absolute Gasteiger partial charge is 0.450 e. The summed E-state index contributed by atoms with van der Waals surface area (Å²) in [4.78, 5) is 24.0. The molecule has 6 heteroatoms. The molecule has 35 heavy (non-hydrogen) atoms. The van der Waals surface area contributed by atoms with E-state index < -0.39 is 10.8 Å². The van der Waals surface area contributed by atoms with Crippen LogP contribution in [0.25, 0.3) is 21.9 Å². The number of nitro benzene ring substituents is 1. The van der Waals surface area contributed by atoms with Gasteiger partial charge in [-0.1, -0.05) is 72.8 Å². The molecule has 0 fully saturated rings. The van der Waals surface area contributed by atoms with E-state index in [9.17, 15) is 14.9 Å². The van der Waals surface area contributed by atoms with Crippen LogP contribution in [0.1, 0.15) is 10.4 Å². The van der Waals surface area contributed by atoms with E-state index >= 15 is 0 Å². The molecule has 0 saturated carbocycles. The number of nitrogens with one attached hydrogen (secondary N) is 1. The molecule has 1 amide bonds. The number of amides is 1. The van der Waals surface area contributed by atoms with Gasteiger partial charge >= 0.3 is 5.69 Å². The van der Waals surface area contributed by atoms with Crippen molar-refractivity contribution in [1.82, 2.24) is 0 Å². The molecule has 0 aliphatic carbocycles. The summed E-state index contributed by atoms with van der Waals surface area (Å²) in [5, 5.41) is 16.6. The predicted molar refractivity (Wildman–Crippen MR) is 137 cm³/mol. The molecule has 0 aliphatic rings. The first-order valence-electron chi connectivity index (χ1n) is 11.0. The molecule has 0 heterocycles. The van der Waals surface area contributed by atoms with Crippen molar-refractivity contribution in [2.75, 3.05) is 5.32 Å². The van der Waals surface area contributed by atoms with Crippen molar-refractivity contribution >= 4 is 28.1 Å². The molecule has 0 atom stereocenters. The van der Waals surface area contributed by atoms with Gasteiger partial charge in [0.25, 0.3) is 5.91 Å². The fourth-order valence-electron chi connectivity index (χ4n) is 3.83. The molecule has 1 N–H and O–H groups in total. The van der Waals surface area contributed by atoms with Gasteiger partial charge in [-0.2, -0.15) is 0 Å². The number of benzene rings is 5. The maximum atomic E-state index is 12.8. The monoisotopic (exact) mass is 460 g/mol. The zero-order valence-electron chi connectivity index (χ0n) is 18.5. The van der Waals surface area contributed by atoms with E-state index in [0.29, 0.717) is 11.4 Å². The average Bonchev–Trinajstić information content (AvgIpc) is 2.89. The summed E-state index contributed by atoms with van der Waals surface area (Å²) in [6.07, 6.45) is 0. The van der Waals surface area contributed by atoms with Crippen molar-refractivity contribution in [2.45, 2.75) is 0 Å². The Balaban J connectivity index is 1.35. The Bertz CT molecular complexity index is 1530. The topological polar surface area (TPSA) is 81.5 Å². The van der Waals surface area contributed by atoms with E-state index in [1.165, 1.54) is 18.2 Å². The predicted octanol–water partition coefficient (Wildman–Crippen LogP) is 7.46.